The largest absolute Gasteiger partial charge is 0.461 e. The summed E-state index contributed by atoms with van der Waals surface area (Å²) in [6.07, 6.45) is 9.65. The maximum Gasteiger partial charge on any atom is 0.306 e. The first-order valence-corrected chi connectivity index (χ1v) is 18.5. The highest BCUT2D eigenvalue weighted by Gasteiger charge is 2.11. The van der Waals surface area contributed by atoms with Gasteiger partial charge in [-0.2, -0.15) is 0 Å². The number of aromatic nitrogens is 4. The predicted molar refractivity (Wildman–Crippen MR) is 226 cm³/mol. The van der Waals surface area contributed by atoms with Crippen molar-refractivity contribution in [1.82, 2.24) is 19.9 Å². The zero-order valence-electron chi connectivity index (χ0n) is 31.6. The van der Waals surface area contributed by atoms with Crippen LogP contribution in [0.2, 0.25) is 0 Å². The third kappa shape index (κ3) is 11.9. The number of amides is 1. The molecule has 58 heavy (non-hydrogen) atoms. The fourth-order valence-electron chi connectivity index (χ4n) is 5.67. The summed E-state index contributed by atoms with van der Waals surface area (Å²) in [5.41, 5.74) is 20.1. The summed E-state index contributed by atoms with van der Waals surface area (Å²) in [4.78, 5) is 53.6. The highest BCUT2D eigenvalue weighted by atomic mass is 16.5. The number of benzene rings is 4. The average Bonchev–Trinajstić information content (AvgIpc) is 3.27. The molecule has 0 atom stereocenters. The summed E-state index contributed by atoms with van der Waals surface area (Å²) in [5.74, 6) is 0.0709. The summed E-state index contributed by atoms with van der Waals surface area (Å²) >= 11 is 0. The third-order valence-corrected chi connectivity index (χ3v) is 8.91. The predicted octanol–water partition coefficient (Wildman–Crippen LogP) is 7.75. The quantitative estimate of drug-likeness (QED) is 0.0481. The zero-order chi connectivity index (χ0) is 40.5. The average molecular weight is 771 g/mol. The lowest BCUT2D eigenvalue weighted by Crippen LogP contribution is -2.13. The van der Waals surface area contributed by atoms with Crippen LogP contribution < -0.4 is 22.1 Å². The molecule has 0 aliphatic heterocycles. The van der Waals surface area contributed by atoms with Crippen LogP contribution in [0.15, 0.2) is 158 Å². The number of anilines is 4. The van der Waals surface area contributed by atoms with Gasteiger partial charge in [0.1, 0.15) is 6.61 Å². The number of hydrogen-bond donors (Lipinski definition) is 4. The number of carbonyl (C=O) groups excluding carboxylic acids is 3. The van der Waals surface area contributed by atoms with Crippen molar-refractivity contribution in [3.8, 4) is 11.3 Å². The Labute approximate surface area is 336 Å². The number of aryl methyl sites for hydroxylation is 1. The van der Waals surface area contributed by atoms with Crippen molar-refractivity contribution < 1.29 is 19.1 Å². The minimum atomic E-state index is -0.273. The van der Waals surface area contributed by atoms with Crippen molar-refractivity contribution >= 4 is 40.7 Å². The van der Waals surface area contributed by atoms with Gasteiger partial charge in [0, 0.05) is 78.3 Å². The Morgan fingerprint density at radius 2 is 1.33 bits per heavy atom. The summed E-state index contributed by atoms with van der Waals surface area (Å²) in [6, 6.07) is 38.5. The third-order valence-electron chi connectivity index (χ3n) is 8.91. The number of pyridine rings is 2. The van der Waals surface area contributed by atoms with E-state index in [-0.39, 0.29) is 30.7 Å². The fourth-order valence-corrected chi connectivity index (χ4v) is 5.67. The van der Waals surface area contributed by atoms with E-state index in [0.717, 1.165) is 33.5 Å². The van der Waals surface area contributed by atoms with Crippen LogP contribution in [0.4, 0.5) is 23.0 Å². The number of rotatable bonds is 14. The molecule has 7 rings (SSSR count). The SMILES string of the molecule is Nc1ccccc1CC(=O)c1ccc(CNc2nccc(-c3cccnc3)n2)cc1.Nc1ccccc1NC(=O)c1ccc(CCC(=O)OCc2cccnc2)cc1. The number of hydrogen-bond acceptors (Lipinski definition) is 11. The van der Waals surface area contributed by atoms with Gasteiger partial charge in [0.2, 0.25) is 5.95 Å². The van der Waals surface area contributed by atoms with E-state index in [2.05, 4.69) is 30.6 Å². The molecule has 4 aromatic carbocycles. The Morgan fingerprint density at radius 1 is 0.638 bits per heavy atom. The van der Waals surface area contributed by atoms with Gasteiger partial charge >= 0.3 is 5.97 Å². The maximum atomic E-state index is 12.5. The zero-order valence-corrected chi connectivity index (χ0v) is 31.6. The molecule has 0 saturated heterocycles. The number of nitrogen functional groups attached to an aromatic ring is 2. The van der Waals surface area contributed by atoms with Crippen LogP contribution in [0.3, 0.4) is 0 Å². The second-order valence-electron chi connectivity index (χ2n) is 13.1. The van der Waals surface area contributed by atoms with Gasteiger partial charge in [0.15, 0.2) is 5.78 Å². The summed E-state index contributed by atoms with van der Waals surface area (Å²) in [7, 11) is 0. The number of nitrogens with zero attached hydrogens (tertiary/aromatic N) is 4. The molecule has 12 nitrogen and oxygen atoms in total. The molecule has 1 amide bonds. The van der Waals surface area contributed by atoms with Gasteiger partial charge in [-0.25, -0.2) is 9.97 Å². The Bertz CT molecular complexity index is 2430. The van der Waals surface area contributed by atoms with E-state index >= 15 is 0 Å². The molecule has 12 heteroatoms. The standard InChI is InChI=1S/C24H21N5O.C22H21N3O3/c25-21-6-2-1-4-19(21)14-23(30)18-9-7-17(8-10-18)15-28-24-27-13-11-22(29-24)20-5-3-12-26-16-20;23-19-5-1-2-6-20(19)25-22(27)18-10-7-16(8-11-18)9-12-21(26)28-15-17-4-3-13-24-14-17/h1-13,16H,14-15,25H2,(H,27,28,29);1-8,10-11,13-14H,9,12,15,23H2,(H,25,27). The summed E-state index contributed by atoms with van der Waals surface area (Å²) in [5, 5.41) is 6.01. The molecule has 0 bridgehead atoms. The van der Waals surface area contributed by atoms with E-state index in [4.69, 9.17) is 16.2 Å². The van der Waals surface area contributed by atoms with Crippen molar-refractivity contribution in [2.45, 2.75) is 32.4 Å². The number of ether oxygens (including phenoxy) is 1. The molecule has 0 saturated carbocycles. The van der Waals surface area contributed by atoms with Crippen molar-refractivity contribution in [2.24, 2.45) is 0 Å². The second kappa shape index (κ2) is 20.3. The van der Waals surface area contributed by atoms with Gasteiger partial charge in [0.25, 0.3) is 5.91 Å². The molecule has 0 radical (unpaired) electrons. The van der Waals surface area contributed by atoms with Crippen LogP contribution in [-0.2, 0) is 35.5 Å². The molecule has 0 spiro atoms. The molecule has 6 N–H and O–H groups in total. The fraction of sp³-hybridized carbons (Fsp3) is 0.109. The topological polar surface area (TPSA) is 188 Å². The van der Waals surface area contributed by atoms with Crippen LogP contribution in [0, 0.1) is 0 Å². The van der Waals surface area contributed by atoms with Crippen LogP contribution in [0.25, 0.3) is 11.3 Å². The Balaban J connectivity index is 0.000000196. The Hall–Kier alpha value is -7.73. The van der Waals surface area contributed by atoms with Crippen molar-refractivity contribution in [3.05, 3.63) is 192 Å². The van der Waals surface area contributed by atoms with E-state index in [1.54, 1.807) is 61.3 Å². The molecule has 0 aliphatic carbocycles. The molecule has 3 aromatic heterocycles. The molecule has 7 aromatic rings. The molecular weight excluding hydrogens is 729 g/mol. The van der Waals surface area contributed by atoms with E-state index < -0.39 is 0 Å². The lowest BCUT2D eigenvalue weighted by atomic mass is 10.0. The Kier molecular flexibility index (Phi) is 14.0. The first kappa shape index (κ1) is 39.9. The number of nitrogens with two attached hydrogens (primary N) is 2. The number of para-hydroxylation sites is 3. The summed E-state index contributed by atoms with van der Waals surface area (Å²) < 4.78 is 5.23. The smallest absolute Gasteiger partial charge is 0.306 e. The van der Waals surface area contributed by atoms with Gasteiger partial charge in [-0.15, -0.1) is 0 Å². The first-order chi connectivity index (χ1) is 28.3. The second-order valence-corrected chi connectivity index (χ2v) is 13.1. The van der Waals surface area contributed by atoms with Crippen LogP contribution in [0.5, 0.6) is 0 Å². The van der Waals surface area contributed by atoms with Crippen LogP contribution in [-0.4, -0.2) is 37.6 Å². The monoisotopic (exact) mass is 770 g/mol. The molecular formula is C46H42N8O4. The summed E-state index contributed by atoms with van der Waals surface area (Å²) in [6.45, 7) is 0.769. The highest BCUT2D eigenvalue weighted by Crippen LogP contribution is 2.20. The number of Topliss-reactive ketones (excluding diaryl/α,β-unsaturated/α-hetero) is 1. The number of esters is 1. The van der Waals surface area contributed by atoms with Crippen molar-refractivity contribution in [2.75, 3.05) is 22.1 Å². The number of carbonyl (C=O) groups is 3. The molecule has 290 valence electrons. The lowest BCUT2D eigenvalue weighted by Gasteiger charge is -2.08. The van der Waals surface area contributed by atoms with E-state index in [1.165, 1.54) is 0 Å². The van der Waals surface area contributed by atoms with Crippen molar-refractivity contribution in [3.63, 3.8) is 0 Å². The molecule has 3 heterocycles. The van der Waals surface area contributed by atoms with E-state index in [9.17, 15) is 14.4 Å². The van der Waals surface area contributed by atoms with Gasteiger partial charge in [-0.05, 0) is 77.7 Å². The highest BCUT2D eigenvalue weighted by molar-refractivity contribution is 6.05. The number of nitrogens with one attached hydrogen (secondary N) is 2. The van der Waals surface area contributed by atoms with Crippen LogP contribution >= 0.6 is 0 Å². The molecule has 0 fully saturated rings. The van der Waals surface area contributed by atoms with E-state index in [1.807, 2.05) is 97.1 Å². The normalized spacial score (nSPS) is 10.4. The Morgan fingerprint density at radius 3 is 2.03 bits per heavy atom. The minimum absolute atomic E-state index is 0.0416. The van der Waals surface area contributed by atoms with Gasteiger partial charge in [0.05, 0.1) is 17.1 Å². The van der Waals surface area contributed by atoms with Crippen LogP contribution in [0.1, 0.15) is 49.4 Å². The first-order valence-electron chi connectivity index (χ1n) is 18.5. The van der Waals surface area contributed by atoms with Gasteiger partial charge in [-0.1, -0.05) is 72.8 Å². The number of ketones is 1. The van der Waals surface area contributed by atoms with Gasteiger partial charge in [-0.3, -0.25) is 24.4 Å². The lowest BCUT2D eigenvalue weighted by molar-refractivity contribution is -0.144. The van der Waals surface area contributed by atoms with Gasteiger partial charge < -0.3 is 26.8 Å². The van der Waals surface area contributed by atoms with Crippen molar-refractivity contribution in [1.29, 1.82) is 0 Å². The maximum absolute atomic E-state index is 12.5. The van der Waals surface area contributed by atoms with E-state index in [0.29, 0.717) is 53.5 Å². The minimum Gasteiger partial charge on any atom is -0.461 e. The molecule has 0 aliphatic rings. The molecule has 0 unspecified atom stereocenters.